The van der Waals surface area contributed by atoms with E-state index in [1.165, 1.54) is 0 Å². The number of rotatable bonds is 6. The Labute approximate surface area is 122 Å². The van der Waals surface area contributed by atoms with Crippen LogP contribution >= 0.6 is 27.7 Å². The molecule has 0 bridgehead atoms. The van der Waals surface area contributed by atoms with Gasteiger partial charge in [-0.15, -0.1) is 0 Å². The van der Waals surface area contributed by atoms with Gasteiger partial charge in [-0.2, -0.15) is 8.78 Å². The third kappa shape index (κ3) is 4.87. The molecule has 0 aliphatic carbocycles. The van der Waals surface area contributed by atoms with E-state index in [0.717, 1.165) is 15.9 Å². The van der Waals surface area contributed by atoms with Crippen LogP contribution in [-0.4, -0.2) is 5.76 Å². The van der Waals surface area contributed by atoms with E-state index in [4.69, 9.17) is 4.42 Å². The minimum Gasteiger partial charge on any atom is -0.463 e. The molecule has 0 spiro atoms. The van der Waals surface area contributed by atoms with E-state index >= 15 is 0 Å². The maximum absolute atomic E-state index is 12.0. The summed E-state index contributed by atoms with van der Waals surface area (Å²) in [5.74, 6) is -0.885. The minimum absolute atomic E-state index is 0.189. The van der Waals surface area contributed by atoms with E-state index < -0.39 is 5.76 Å². The van der Waals surface area contributed by atoms with Gasteiger partial charge in [0.1, 0.15) is 11.5 Å². The summed E-state index contributed by atoms with van der Waals surface area (Å²) < 4.78 is 30.5. The number of thioether (sulfide) groups is 1. The maximum atomic E-state index is 12.0. The highest BCUT2D eigenvalue weighted by atomic mass is 79.9. The number of anilines is 1. The fourth-order valence-electron chi connectivity index (χ4n) is 1.53. The lowest BCUT2D eigenvalue weighted by molar-refractivity contribution is 0.251. The van der Waals surface area contributed by atoms with Crippen molar-refractivity contribution in [3.8, 4) is 0 Å². The van der Waals surface area contributed by atoms with Crippen LogP contribution in [0.25, 0.3) is 0 Å². The number of furan rings is 1. The summed E-state index contributed by atoms with van der Waals surface area (Å²) in [6.07, 6.45) is 0. The third-order valence-corrected chi connectivity index (χ3v) is 3.56. The van der Waals surface area contributed by atoms with Crippen molar-refractivity contribution in [2.75, 3.05) is 5.32 Å². The average Bonchev–Trinajstić information content (AvgIpc) is 2.82. The molecule has 6 heteroatoms. The molecule has 1 heterocycles. The minimum atomic E-state index is -2.37. The zero-order valence-electron chi connectivity index (χ0n) is 9.91. The van der Waals surface area contributed by atoms with Gasteiger partial charge in [0.15, 0.2) is 0 Å². The van der Waals surface area contributed by atoms with Crippen molar-refractivity contribution in [3.05, 3.63) is 52.4 Å². The van der Waals surface area contributed by atoms with Crippen LogP contribution in [0.2, 0.25) is 0 Å². The SMILES string of the molecule is FC(F)SCc1ccc(CNc2cccc(Br)c2)o1. The highest BCUT2D eigenvalue weighted by molar-refractivity contribution is 9.10. The van der Waals surface area contributed by atoms with Crippen molar-refractivity contribution in [3.63, 3.8) is 0 Å². The number of alkyl halides is 2. The van der Waals surface area contributed by atoms with Crippen molar-refractivity contribution in [1.29, 1.82) is 0 Å². The van der Waals surface area contributed by atoms with Crippen LogP contribution in [0.1, 0.15) is 11.5 Å². The quantitative estimate of drug-likeness (QED) is 0.785. The molecule has 2 rings (SSSR count). The Morgan fingerprint density at radius 1 is 1.21 bits per heavy atom. The molecule has 19 heavy (non-hydrogen) atoms. The fourth-order valence-corrected chi connectivity index (χ4v) is 2.37. The molecule has 0 saturated carbocycles. The first kappa shape index (κ1) is 14.4. The van der Waals surface area contributed by atoms with Crippen molar-refractivity contribution in [1.82, 2.24) is 0 Å². The molecule has 2 aromatic rings. The second kappa shape index (κ2) is 6.96. The predicted molar refractivity (Wildman–Crippen MR) is 77.5 cm³/mol. The molecule has 0 atom stereocenters. The molecule has 0 aliphatic heterocycles. The molecular formula is C13H12BrF2NOS. The Morgan fingerprint density at radius 2 is 2.00 bits per heavy atom. The molecule has 1 aromatic heterocycles. The summed E-state index contributed by atoms with van der Waals surface area (Å²) in [5.41, 5.74) is 0.967. The largest absolute Gasteiger partial charge is 0.463 e. The van der Waals surface area contributed by atoms with Crippen LogP contribution in [0.4, 0.5) is 14.5 Å². The Kier molecular flexibility index (Phi) is 5.27. The number of benzene rings is 1. The van der Waals surface area contributed by atoms with E-state index in [9.17, 15) is 8.78 Å². The smallest absolute Gasteiger partial charge is 0.284 e. The highest BCUT2D eigenvalue weighted by Gasteiger charge is 2.07. The van der Waals surface area contributed by atoms with Crippen LogP contribution in [0, 0.1) is 0 Å². The lowest BCUT2D eigenvalue weighted by Gasteiger charge is -2.04. The Bertz CT molecular complexity index is 533. The molecule has 0 aliphatic rings. The molecule has 1 aromatic carbocycles. The van der Waals surface area contributed by atoms with Gasteiger partial charge in [0, 0.05) is 10.2 Å². The van der Waals surface area contributed by atoms with Crippen LogP contribution < -0.4 is 5.32 Å². The van der Waals surface area contributed by atoms with E-state index in [1.807, 2.05) is 24.3 Å². The van der Waals surface area contributed by atoms with Gasteiger partial charge in [0.2, 0.25) is 0 Å². The van der Waals surface area contributed by atoms with E-state index in [0.29, 0.717) is 24.1 Å². The zero-order valence-corrected chi connectivity index (χ0v) is 12.3. The molecule has 2 nitrogen and oxygen atoms in total. The molecular weight excluding hydrogens is 336 g/mol. The van der Waals surface area contributed by atoms with Crippen LogP contribution in [-0.2, 0) is 12.3 Å². The zero-order chi connectivity index (χ0) is 13.7. The molecule has 0 saturated heterocycles. The highest BCUT2D eigenvalue weighted by Crippen LogP contribution is 2.22. The van der Waals surface area contributed by atoms with Gasteiger partial charge in [-0.3, -0.25) is 0 Å². The van der Waals surface area contributed by atoms with E-state index in [-0.39, 0.29) is 5.75 Å². The van der Waals surface area contributed by atoms with Gasteiger partial charge < -0.3 is 9.73 Å². The Morgan fingerprint density at radius 3 is 2.74 bits per heavy atom. The van der Waals surface area contributed by atoms with Crippen molar-refractivity contribution >= 4 is 33.4 Å². The van der Waals surface area contributed by atoms with E-state index in [2.05, 4.69) is 21.2 Å². The first-order valence-electron chi connectivity index (χ1n) is 5.60. The van der Waals surface area contributed by atoms with Gasteiger partial charge >= 0.3 is 0 Å². The number of hydrogen-bond donors (Lipinski definition) is 1. The van der Waals surface area contributed by atoms with Gasteiger partial charge in [0.05, 0.1) is 12.3 Å². The van der Waals surface area contributed by atoms with Gasteiger partial charge in [-0.25, -0.2) is 0 Å². The third-order valence-electron chi connectivity index (χ3n) is 2.36. The molecule has 0 fully saturated rings. The van der Waals surface area contributed by atoms with Crippen LogP contribution in [0.3, 0.4) is 0 Å². The maximum Gasteiger partial charge on any atom is 0.284 e. The van der Waals surface area contributed by atoms with Gasteiger partial charge in [0.25, 0.3) is 5.76 Å². The summed E-state index contributed by atoms with van der Waals surface area (Å²) in [6.45, 7) is 0.524. The van der Waals surface area contributed by atoms with E-state index in [1.54, 1.807) is 12.1 Å². The lowest BCUT2D eigenvalue weighted by atomic mass is 10.3. The van der Waals surface area contributed by atoms with Crippen LogP contribution in [0.15, 0.2) is 45.3 Å². The number of hydrogen-bond acceptors (Lipinski definition) is 3. The predicted octanol–water partition coefficient (Wildman–Crippen LogP) is 5.11. The van der Waals surface area contributed by atoms with Crippen molar-refractivity contribution < 1.29 is 13.2 Å². The summed E-state index contributed by atoms with van der Waals surface area (Å²) in [7, 11) is 0. The first-order valence-corrected chi connectivity index (χ1v) is 7.44. The van der Waals surface area contributed by atoms with Crippen molar-refractivity contribution in [2.24, 2.45) is 0 Å². The van der Waals surface area contributed by atoms with Gasteiger partial charge in [-0.05, 0) is 30.3 Å². The van der Waals surface area contributed by atoms with Crippen LogP contribution in [0.5, 0.6) is 0 Å². The summed E-state index contributed by atoms with van der Waals surface area (Å²) >= 11 is 3.95. The standard InChI is InChI=1S/C13H12BrF2NOS/c14-9-2-1-3-10(6-9)17-7-11-4-5-12(18-11)8-19-13(15)16/h1-6,13,17H,7-8H2. The monoisotopic (exact) mass is 347 g/mol. The summed E-state index contributed by atoms with van der Waals surface area (Å²) in [4.78, 5) is 0. The molecule has 0 radical (unpaired) electrons. The molecule has 1 N–H and O–H groups in total. The second-order valence-electron chi connectivity index (χ2n) is 3.80. The first-order chi connectivity index (χ1) is 9.13. The number of halogens is 3. The van der Waals surface area contributed by atoms with Gasteiger partial charge in [-0.1, -0.05) is 33.8 Å². The molecule has 102 valence electrons. The van der Waals surface area contributed by atoms with Crippen molar-refractivity contribution in [2.45, 2.75) is 18.1 Å². The topological polar surface area (TPSA) is 25.2 Å². The normalized spacial score (nSPS) is 10.9. The second-order valence-corrected chi connectivity index (χ2v) is 5.70. The summed E-state index contributed by atoms with van der Waals surface area (Å²) in [6, 6.07) is 11.3. The molecule has 0 unspecified atom stereocenters. The fraction of sp³-hybridized carbons (Fsp3) is 0.231. The lowest BCUT2D eigenvalue weighted by Crippen LogP contribution is -1.97. The summed E-state index contributed by atoms with van der Waals surface area (Å²) in [5, 5.41) is 3.20. The Balaban J connectivity index is 1.86. The number of nitrogens with one attached hydrogen (secondary N) is 1. The molecule has 0 amide bonds. The Hall–Kier alpha value is -1.01. The average molecular weight is 348 g/mol.